The molecule has 0 spiro atoms. The summed E-state index contributed by atoms with van der Waals surface area (Å²) in [4.78, 5) is 4.52. The van der Waals surface area contributed by atoms with E-state index in [9.17, 15) is 0 Å². The number of ether oxygens (including phenoxy) is 1. The van der Waals surface area contributed by atoms with Gasteiger partial charge >= 0.3 is 0 Å². The maximum atomic E-state index is 5.89. The summed E-state index contributed by atoms with van der Waals surface area (Å²) < 4.78 is 5.89. The number of rotatable bonds is 5. The Labute approximate surface area is 97.4 Å². The molecular formula is C14H19NO. The number of unbranched alkanes of at least 4 members (excludes halogenated alkanes) is 1. The lowest BCUT2D eigenvalue weighted by Crippen LogP contribution is -2.17. The molecule has 0 saturated carbocycles. The molecule has 16 heavy (non-hydrogen) atoms. The Bertz CT molecular complexity index is 334. The van der Waals surface area contributed by atoms with Crippen molar-refractivity contribution in [1.82, 2.24) is 0 Å². The van der Waals surface area contributed by atoms with E-state index in [-0.39, 0.29) is 12.1 Å². The summed E-state index contributed by atoms with van der Waals surface area (Å²) in [6.45, 7) is 3.04. The molecule has 0 fully saturated rings. The highest BCUT2D eigenvalue weighted by molar-refractivity contribution is 5.62. The van der Waals surface area contributed by atoms with Crippen LogP contribution in [0.3, 0.4) is 0 Å². The van der Waals surface area contributed by atoms with Crippen LogP contribution in [0.2, 0.25) is 0 Å². The standard InChI is InChI=1S/C14H19NO/c1-2-3-11-16-13-9-10-15-14(13)12-7-5-4-6-8-12/h4-8,10,13-14H,2-3,9,11H2,1H3. The van der Waals surface area contributed by atoms with Crippen molar-refractivity contribution < 1.29 is 4.74 Å². The van der Waals surface area contributed by atoms with E-state index in [1.54, 1.807) is 0 Å². The zero-order valence-electron chi connectivity index (χ0n) is 9.80. The number of hydrogen-bond donors (Lipinski definition) is 0. The molecule has 0 aromatic heterocycles. The molecule has 0 N–H and O–H groups in total. The molecule has 1 aromatic rings. The van der Waals surface area contributed by atoms with Gasteiger partial charge in [0.2, 0.25) is 0 Å². The van der Waals surface area contributed by atoms with Gasteiger partial charge in [-0.25, -0.2) is 0 Å². The number of nitrogens with zero attached hydrogens (tertiary/aromatic N) is 1. The van der Waals surface area contributed by atoms with Crippen molar-refractivity contribution in [3.05, 3.63) is 35.9 Å². The zero-order chi connectivity index (χ0) is 11.2. The van der Waals surface area contributed by atoms with Crippen LogP contribution in [-0.4, -0.2) is 18.9 Å². The van der Waals surface area contributed by atoms with Crippen molar-refractivity contribution in [3.63, 3.8) is 0 Å². The molecule has 0 radical (unpaired) electrons. The molecule has 1 aliphatic heterocycles. The molecule has 86 valence electrons. The first-order valence-corrected chi connectivity index (χ1v) is 6.10. The first-order valence-electron chi connectivity index (χ1n) is 6.10. The monoisotopic (exact) mass is 217 g/mol. The molecule has 1 aromatic carbocycles. The molecule has 0 amide bonds. The first kappa shape index (κ1) is 11.3. The highest BCUT2D eigenvalue weighted by atomic mass is 16.5. The average molecular weight is 217 g/mol. The third kappa shape index (κ3) is 2.70. The largest absolute Gasteiger partial charge is 0.375 e. The van der Waals surface area contributed by atoms with Crippen molar-refractivity contribution in [2.45, 2.75) is 38.3 Å². The zero-order valence-corrected chi connectivity index (χ0v) is 9.80. The van der Waals surface area contributed by atoms with Crippen LogP contribution >= 0.6 is 0 Å². The molecule has 2 unspecified atom stereocenters. The Morgan fingerprint density at radius 3 is 2.88 bits per heavy atom. The molecule has 1 aliphatic rings. The van der Waals surface area contributed by atoms with Gasteiger partial charge in [0.15, 0.2) is 0 Å². The summed E-state index contributed by atoms with van der Waals surface area (Å²) in [5, 5.41) is 0. The van der Waals surface area contributed by atoms with Gasteiger partial charge in [-0.15, -0.1) is 0 Å². The van der Waals surface area contributed by atoms with E-state index < -0.39 is 0 Å². The Hall–Kier alpha value is -1.15. The van der Waals surface area contributed by atoms with Crippen LogP contribution in [0.25, 0.3) is 0 Å². The Morgan fingerprint density at radius 2 is 2.12 bits per heavy atom. The quantitative estimate of drug-likeness (QED) is 0.693. The van der Waals surface area contributed by atoms with E-state index >= 15 is 0 Å². The molecule has 0 aliphatic carbocycles. The van der Waals surface area contributed by atoms with Gasteiger partial charge in [-0.05, 0) is 12.0 Å². The first-order chi connectivity index (χ1) is 7.92. The van der Waals surface area contributed by atoms with Crippen molar-refractivity contribution in [2.24, 2.45) is 4.99 Å². The lowest BCUT2D eigenvalue weighted by Gasteiger charge is -2.19. The Balaban J connectivity index is 1.95. The van der Waals surface area contributed by atoms with Crippen LogP contribution in [0.4, 0.5) is 0 Å². The van der Waals surface area contributed by atoms with Gasteiger partial charge in [-0.1, -0.05) is 43.7 Å². The van der Waals surface area contributed by atoms with Crippen LogP contribution in [0, 0.1) is 0 Å². The van der Waals surface area contributed by atoms with E-state index in [2.05, 4.69) is 36.2 Å². The van der Waals surface area contributed by atoms with Gasteiger partial charge in [-0.3, -0.25) is 4.99 Å². The summed E-state index contributed by atoms with van der Waals surface area (Å²) in [5.41, 5.74) is 1.26. The summed E-state index contributed by atoms with van der Waals surface area (Å²) in [5.74, 6) is 0. The van der Waals surface area contributed by atoms with Crippen molar-refractivity contribution in [2.75, 3.05) is 6.61 Å². The van der Waals surface area contributed by atoms with Crippen LogP contribution < -0.4 is 0 Å². The van der Waals surface area contributed by atoms with E-state index in [0.29, 0.717) is 0 Å². The van der Waals surface area contributed by atoms with Gasteiger partial charge in [0.1, 0.15) is 6.04 Å². The van der Waals surface area contributed by atoms with E-state index in [4.69, 9.17) is 4.74 Å². The SMILES string of the molecule is CCCCOC1CC=NC1c1ccccc1. The Morgan fingerprint density at radius 1 is 1.31 bits per heavy atom. The molecule has 0 bridgehead atoms. The van der Waals surface area contributed by atoms with Gasteiger partial charge in [0.05, 0.1) is 6.10 Å². The second kappa shape index (κ2) is 5.80. The fraction of sp³-hybridized carbons (Fsp3) is 0.500. The molecule has 1 heterocycles. The highest BCUT2D eigenvalue weighted by Crippen LogP contribution is 2.29. The molecule has 2 nitrogen and oxygen atoms in total. The number of hydrogen-bond acceptors (Lipinski definition) is 2. The normalized spacial score (nSPS) is 23.8. The fourth-order valence-corrected chi connectivity index (χ4v) is 1.99. The summed E-state index contributed by atoms with van der Waals surface area (Å²) in [7, 11) is 0. The second-order valence-corrected chi connectivity index (χ2v) is 4.19. The molecule has 2 heteroatoms. The predicted octanol–water partition coefficient (Wildman–Crippen LogP) is 3.39. The predicted molar refractivity (Wildman–Crippen MR) is 66.9 cm³/mol. The van der Waals surface area contributed by atoms with Gasteiger partial charge < -0.3 is 4.74 Å². The van der Waals surface area contributed by atoms with E-state index in [1.165, 1.54) is 12.0 Å². The molecule has 0 saturated heterocycles. The number of aliphatic imine (C=N–C) groups is 1. The van der Waals surface area contributed by atoms with Crippen LogP contribution in [-0.2, 0) is 4.74 Å². The average Bonchev–Trinajstić information content (AvgIpc) is 2.79. The summed E-state index contributed by atoms with van der Waals surface area (Å²) in [6, 6.07) is 10.6. The highest BCUT2D eigenvalue weighted by Gasteiger charge is 2.25. The third-order valence-electron chi connectivity index (χ3n) is 2.93. The van der Waals surface area contributed by atoms with E-state index in [0.717, 1.165) is 19.4 Å². The lowest BCUT2D eigenvalue weighted by molar-refractivity contribution is 0.0456. The van der Waals surface area contributed by atoms with Crippen molar-refractivity contribution in [1.29, 1.82) is 0 Å². The smallest absolute Gasteiger partial charge is 0.101 e. The molecule has 2 atom stereocenters. The topological polar surface area (TPSA) is 21.6 Å². The lowest BCUT2D eigenvalue weighted by atomic mass is 10.0. The van der Waals surface area contributed by atoms with E-state index in [1.807, 2.05) is 12.3 Å². The van der Waals surface area contributed by atoms with Crippen LogP contribution in [0.15, 0.2) is 35.3 Å². The minimum absolute atomic E-state index is 0.207. The maximum absolute atomic E-state index is 5.89. The Kier molecular flexibility index (Phi) is 4.11. The molecular weight excluding hydrogens is 198 g/mol. The molecule has 2 rings (SSSR count). The number of benzene rings is 1. The van der Waals surface area contributed by atoms with Gasteiger partial charge in [-0.2, -0.15) is 0 Å². The minimum atomic E-state index is 0.207. The summed E-state index contributed by atoms with van der Waals surface area (Å²) >= 11 is 0. The third-order valence-corrected chi connectivity index (χ3v) is 2.93. The van der Waals surface area contributed by atoms with Crippen LogP contribution in [0.5, 0.6) is 0 Å². The second-order valence-electron chi connectivity index (χ2n) is 4.19. The summed E-state index contributed by atoms with van der Waals surface area (Å²) in [6.07, 6.45) is 5.51. The minimum Gasteiger partial charge on any atom is -0.375 e. The van der Waals surface area contributed by atoms with Gasteiger partial charge in [0.25, 0.3) is 0 Å². The van der Waals surface area contributed by atoms with Crippen molar-refractivity contribution in [3.8, 4) is 0 Å². The fourth-order valence-electron chi connectivity index (χ4n) is 1.99. The van der Waals surface area contributed by atoms with Crippen molar-refractivity contribution >= 4 is 6.21 Å². The van der Waals surface area contributed by atoms with Crippen LogP contribution in [0.1, 0.15) is 37.8 Å². The van der Waals surface area contributed by atoms with Gasteiger partial charge in [0, 0.05) is 19.2 Å². The maximum Gasteiger partial charge on any atom is 0.101 e.